The Morgan fingerprint density at radius 1 is 0.580 bits per heavy atom. The van der Waals surface area contributed by atoms with Crippen LogP contribution in [-0.4, -0.2) is 0 Å². The molecule has 0 heterocycles. The van der Waals surface area contributed by atoms with Gasteiger partial charge in [-0.15, -0.1) is 6.92 Å². The minimum Gasteiger partial charge on any atom is -0.793 e. The summed E-state index contributed by atoms with van der Waals surface area (Å²) >= 11 is 0. The van der Waals surface area contributed by atoms with E-state index in [1.807, 2.05) is 72.8 Å². The van der Waals surface area contributed by atoms with Gasteiger partial charge >= 0.3 is 0 Å². The third-order valence-electron chi connectivity index (χ3n) is 7.22. The molecule has 0 aliphatic heterocycles. The summed E-state index contributed by atoms with van der Waals surface area (Å²) in [5, 5.41) is 0. The first kappa shape index (κ1) is 50.7. The summed E-state index contributed by atoms with van der Waals surface area (Å²) in [4.78, 5) is 34.3. The van der Waals surface area contributed by atoms with Crippen molar-refractivity contribution in [1.82, 2.24) is 0 Å². The minimum absolute atomic E-state index is 0. The van der Waals surface area contributed by atoms with Crippen LogP contribution in [0.1, 0.15) is 72.1 Å². The van der Waals surface area contributed by atoms with Gasteiger partial charge in [0, 0.05) is 40.9 Å². The van der Waals surface area contributed by atoms with E-state index in [9.17, 15) is 28.4 Å². The number of benzene rings is 3. The molecule has 16 heteroatoms. The Kier molecular flexibility index (Phi) is 28.5. The van der Waals surface area contributed by atoms with E-state index in [2.05, 4.69) is 61.5 Å². The zero-order valence-corrected chi connectivity index (χ0v) is 39.8. The van der Waals surface area contributed by atoms with Crippen LogP contribution in [0.15, 0.2) is 104 Å². The molecular formula is C34H45O6P3S6Zr-4. The molecule has 4 rings (SSSR count). The first-order valence-corrected chi connectivity index (χ1v) is 27.9. The monoisotopic (exact) mass is 924 g/mol. The molecule has 3 unspecified atom stereocenters. The maximum Gasteiger partial charge on any atom is 0.0666 e. The average Bonchev–Trinajstić information content (AvgIpc) is 3.26. The van der Waals surface area contributed by atoms with Gasteiger partial charge in [0.05, 0.1) is 21.7 Å². The molecule has 0 saturated carbocycles. The van der Waals surface area contributed by atoms with Crippen molar-refractivity contribution in [3.8, 4) is 0 Å². The van der Waals surface area contributed by atoms with Gasteiger partial charge in [-0.05, 0) is 85.4 Å². The van der Waals surface area contributed by atoms with E-state index in [4.69, 9.17) is 0 Å². The summed E-state index contributed by atoms with van der Waals surface area (Å²) in [7, 11) is -1.32. The molecule has 3 atom stereocenters. The van der Waals surface area contributed by atoms with E-state index in [1.54, 1.807) is 0 Å². The van der Waals surface area contributed by atoms with Crippen LogP contribution < -0.4 is 14.7 Å². The van der Waals surface area contributed by atoms with E-state index in [1.165, 1.54) is 65.8 Å². The number of hydrogen-bond acceptors (Lipinski definition) is 12. The Morgan fingerprint density at radius 3 is 1.04 bits per heavy atom. The molecule has 276 valence electrons. The van der Waals surface area contributed by atoms with Gasteiger partial charge in [-0.3, -0.25) is 6.08 Å². The third-order valence-corrected chi connectivity index (χ3v) is 19.1. The molecule has 0 N–H and O–H groups in total. The van der Waals surface area contributed by atoms with Crippen molar-refractivity contribution in [2.24, 2.45) is 5.41 Å². The second-order valence-electron chi connectivity index (χ2n) is 10.8. The second kappa shape index (κ2) is 28.2. The molecule has 0 spiro atoms. The molecule has 0 fully saturated rings. The van der Waals surface area contributed by atoms with Gasteiger partial charge in [-0.1, -0.05) is 141 Å². The summed E-state index contributed by atoms with van der Waals surface area (Å²) in [5.74, 6) is 0. The Morgan fingerprint density at radius 2 is 0.860 bits per heavy atom. The van der Waals surface area contributed by atoms with Crippen molar-refractivity contribution >= 4 is 85.3 Å². The normalized spacial score (nSPS) is 14.7. The first-order valence-electron chi connectivity index (χ1n) is 15.4. The molecule has 1 aliphatic rings. The van der Waals surface area contributed by atoms with Gasteiger partial charge < -0.3 is 28.4 Å². The van der Waals surface area contributed by atoms with Crippen molar-refractivity contribution in [2.75, 3.05) is 0 Å². The van der Waals surface area contributed by atoms with E-state index < -0.39 is 21.7 Å². The Hall–Kier alpha value is 0.693. The van der Waals surface area contributed by atoms with E-state index in [-0.39, 0.29) is 31.6 Å². The molecule has 0 aromatic heterocycles. The number of aryl methyl sites for hydroxylation is 3. The van der Waals surface area contributed by atoms with Gasteiger partial charge in [0.25, 0.3) is 0 Å². The summed E-state index contributed by atoms with van der Waals surface area (Å²) < 4.78 is 31.2. The molecular weight excluding hydrogens is 881 g/mol. The molecule has 0 bridgehead atoms. The quantitative estimate of drug-likeness (QED) is 0.0977. The fraction of sp³-hybridized carbons (Fsp3) is 0.353. The van der Waals surface area contributed by atoms with Crippen molar-refractivity contribution in [1.29, 1.82) is 0 Å². The Balaban J connectivity index is 0.000000639. The maximum atomic E-state index is 10.4. The molecule has 6 nitrogen and oxygen atoms in total. The number of rotatable bonds is 12. The van der Waals surface area contributed by atoms with Crippen LogP contribution in [0.3, 0.4) is 0 Å². The van der Waals surface area contributed by atoms with Gasteiger partial charge in [0.15, 0.2) is 0 Å². The van der Waals surface area contributed by atoms with Gasteiger partial charge in [-0.2, -0.15) is 11.1 Å². The van der Waals surface area contributed by atoms with Crippen LogP contribution in [0.4, 0.5) is 0 Å². The Labute approximate surface area is 343 Å². The summed E-state index contributed by atoms with van der Waals surface area (Å²) in [5.41, 5.74) is 7.99. The SMILES string of the molecule is CC1=[C-]C(C)(C)C(C)=C1C.CCc1ccccc1SS[PH](=O)[O-].CCc1ccccc1SS[PH](=O)[O-].CCc1ccccc1SS[PH](=O)[O-].[Zr]. The van der Waals surface area contributed by atoms with Crippen molar-refractivity contribution < 1.29 is 54.6 Å². The number of allylic oxidation sites excluding steroid dienone is 4. The van der Waals surface area contributed by atoms with E-state index in [0.29, 0.717) is 0 Å². The van der Waals surface area contributed by atoms with Crippen LogP contribution in [0, 0.1) is 11.5 Å². The van der Waals surface area contributed by atoms with Gasteiger partial charge in [0.1, 0.15) is 0 Å². The summed E-state index contributed by atoms with van der Waals surface area (Å²) in [6, 6.07) is 23.6. The molecule has 0 saturated heterocycles. The molecule has 1 aliphatic carbocycles. The summed E-state index contributed by atoms with van der Waals surface area (Å²) in [6.07, 6.45) is 6.24. The fourth-order valence-electron chi connectivity index (χ4n) is 4.27. The number of hydrogen-bond donors (Lipinski definition) is 0. The smallest absolute Gasteiger partial charge is 0.0666 e. The predicted octanol–water partition coefficient (Wildman–Crippen LogP) is 11.3. The van der Waals surface area contributed by atoms with Crippen LogP contribution in [0.25, 0.3) is 0 Å². The first-order chi connectivity index (χ1) is 23.2. The van der Waals surface area contributed by atoms with Crippen LogP contribution in [0.5, 0.6) is 0 Å². The van der Waals surface area contributed by atoms with Crippen molar-refractivity contribution in [3.05, 3.63) is 112 Å². The maximum absolute atomic E-state index is 10.4. The zero-order valence-electron chi connectivity index (χ0n) is 29.4. The van der Waals surface area contributed by atoms with E-state index in [0.717, 1.165) is 65.2 Å². The molecule has 0 amide bonds. The van der Waals surface area contributed by atoms with Gasteiger partial charge in [0.2, 0.25) is 0 Å². The van der Waals surface area contributed by atoms with Crippen molar-refractivity contribution in [3.63, 3.8) is 0 Å². The fourth-order valence-corrected chi connectivity index (χ4v) is 13.3. The van der Waals surface area contributed by atoms with Crippen molar-refractivity contribution in [2.45, 2.75) is 89.3 Å². The Bertz CT molecular complexity index is 1460. The van der Waals surface area contributed by atoms with Gasteiger partial charge in [-0.25, -0.2) is 5.57 Å². The van der Waals surface area contributed by atoms with Crippen LogP contribution in [0.2, 0.25) is 0 Å². The second-order valence-corrected chi connectivity index (χ2v) is 25.1. The van der Waals surface area contributed by atoms with E-state index >= 15 is 0 Å². The third kappa shape index (κ3) is 20.4. The van der Waals surface area contributed by atoms with Crippen LogP contribution in [-0.2, 0) is 59.2 Å². The topological polar surface area (TPSA) is 120 Å². The molecule has 50 heavy (non-hydrogen) atoms. The molecule has 0 radical (unpaired) electrons. The average molecular weight is 926 g/mol. The predicted molar refractivity (Wildman–Crippen MR) is 219 cm³/mol. The minimum atomic E-state index is -2.68. The standard InChI is InChI=1S/C10H15.3C8H11O2PS2.Zr/c1-7-6-10(4,5)9(3)8(7)2;3*1-2-7-5-3-4-6-8(7)12-13-11(9)10;/h1-5H3;3*3-6,11H,2H2,1H3,(H,9,10);/q-1;;;;/p-3. The summed E-state index contributed by atoms with van der Waals surface area (Å²) in [6.45, 7) is 17.1. The molecule has 3 aromatic carbocycles. The van der Waals surface area contributed by atoms with Crippen LogP contribution >= 0.6 is 85.3 Å². The largest absolute Gasteiger partial charge is 0.793 e. The zero-order chi connectivity index (χ0) is 37.0. The molecule has 3 aromatic rings.